The number of hydrogen-bond acceptors (Lipinski definition) is 3. The zero-order valence-corrected chi connectivity index (χ0v) is 10.1. The first kappa shape index (κ1) is 11.8. The van der Waals surface area contributed by atoms with Gasteiger partial charge in [-0.2, -0.15) is 11.8 Å². The number of nitrogens with one attached hydrogen (secondary N) is 1. The number of carboxylic acid groups (broad SMARTS) is 1. The van der Waals surface area contributed by atoms with Gasteiger partial charge in [0, 0.05) is 12.3 Å². The van der Waals surface area contributed by atoms with Gasteiger partial charge in [0.25, 0.3) is 0 Å². The van der Waals surface area contributed by atoms with Crippen LogP contribution in [0, 0.1) is 0 Å². The maximum Gasteiger partial charge on any atom is 0.335 e. The van der Waals surface area contributed by atoms with E-state index in [1.165, 1.54) is 12.1 Å². The highest BCUT2D eigenvalue weighted by molar-refractivity contribution is 7.98. The molecule has 2 rings (SSSR count). The minimum atomic E-state index is -0.989. The Kier molecular flexibility index (Phi) is 3.23. The van der Waals surface area contributed by atoms with Gasteiger partial charge in [0.15, 0.2) is 0 Å². The number of aromatic carboxylic acids is 1. The maximum absolute atomic E-state index is 11.7. The standard InChI is InChI=1S/C11H12N2O3S/c1-17-5-4-13-9-6-7(10(14)15)2-3-8(9)12-11(13)16/h2-3,6H,4-5H2,1H3,(H,12,16)(H,14,15). The first-order valence-corrected chi connectivity index (χ1v) is 6.47. The lowest BCUT2D eigenvalue weighted by molar-refractivity contribution is 0.0697. The van der Waals surface area contributed by atoms with Crippen LogP contribution in [0.25, 0.3) is 11.0 Å². The van der Waals surface area contributed by atoms with Gasteiger partial charge in [0.05, 0.1) is 16.6 Å². The molecule has 1 aromatic heterocycles. The van der Waals surface area contributed by atoms with E-state index in [0.717, 1.165) is 5.75 Å². The van der Waals surface area contributed by atoms with Crippen molar-refractivity contribution in [2.45, 2.75) is 6.54 Å². The molecule has 0 atom stereocenters. The molecule has 0 aliphatic heterocycles. The van der Waals surface area contributed by atoms with Gasteiger partial charge in [-0.25, -0.2) is 9.59 Å². The molecule has 0 spiro atoms. The Morgan fingerprint density at radius 2 is 2.29 bits per heavy atom. The third kappa shape index (κ3) is 2.21. The summed E-state index contributed by atoms with van der Waals surface area (Å²) in [7, 11) is 0. The van der Waals surface area contributed by atoms with Crippen molar-refractivity contribution >= 4 is 28.8 Å². The molecule has 2 N–H and O–H groups in total. The highest BCUT2D eigenvalue weighted by atomic mass is 32.2. The number of thioether (sulfide) groups is 1. The summed E-state index contributed by atoms with van der Waals surface area (Å²) in [6.45, 7) is 0.572. The fourth-order valence-corrected chi connectivity index (χ4v) is 2.06. The van der Waals surface area contributed by atoms with Crippen molar-refractivity contribution in [1.29, 1.82) is 0 Å². The molecule has 0 amide bonds. The molecule has 0 aliphatic rings. The molecule has 0 bridgehead atoms. The number of aromatic amines is 1. The third-order valence-corrected chi connectivity index (χ3v) is 3.13. The normalized spacial score (nSPS) is 10.9. The average Bonchev–Trinajstić information content (AvgIpc) is 2.61. The molecule has 6 heteroatoms. The summed E-state index contributed by atoms with van der Waals surface area (Å²) in [5.74, 6) is -0.179. The van der Waals surface area contributed by atoms with E-state index in [1.54, 1.807) is 22.4 Å². The summed E-state index contributed by atoms with van der Waals surface area (Å²) in [6, 6.07) is 4.63. The highest BCUT2D eigenvalue weighted by Crippen LogP contribution is 2.13. The number of rotatable bonds is 4. The van der Waals surface area contributed by atoms with Crippen molar-refractivity contribution in [3.8, 4) is 0 Å². The number of benzene rings is 1. The van der Waals surface area contributed by atoms with Gasteiger partial charge in [0.2, 0.25) is 0 Å². The van der Waals surface area contributed by atoms with Crippen LogP contribution in [0.15, 0.2) is 23.0 Å². The monoisotopic (exact) mass is 252 g/mol. The zero-order valence-electron chi connectivity index (χ0n) is 9.27. The Bertz CT molecular complexity index is 615. The van der Waals surface area contributed by atoms with Crippen LogP contribution in [-0.2, 0) is 6.54 Å². The van der Waals surface area contributed by atoms with Crippen LogP contribution in [0.3, 0.4) is 0 Å². The summed E-state index contributed by atoms with van der Waals surface area (Å²) >= 11 is 1.64. The smallest absolute Gasteiger partial charge is 0.335 e. The number of hydrogen-bond donors (Lipinski definition) is 2. The molecule has 17 heavy (non-hydrogen) atoms. The minimum absolute atomic E-state index is 0.189. The van der Waals surface area contributed by atoms with Gasteiger partial charge in [0.1, 0.15) is 0 Å². The minimum Gasteiger partial charge on any atom is -0.478 e. The van der Waals surface area contributed by atoms with Crippen LogP contribution in [0.5, 0.6) is 0 Å². The summed E-state index contributed by atoms with van der Waals surface area (Å²) in [4.78, 5) is 25.3. The van der Waals surface area contributed by atoms with E-state index in [2.05, 4.69) is 4.98 Å². The maximum atomic E-state index is 11.7. The Hall–Kier alpha value is -1.69. The molecule has 0 saturated carbocycles. The largest absolute Gasteiger partial charge is 0.478 e. The zero-order chi connectivity index (χ0) is 12.4. The third-order valence-electron chi connectivity index (χ3n) is 2.54. The number of nitrogens with zero attached hydrogens (tertiary/aromatic N) is 1. The van der Waals surface area contributed by atoms with E-state index >= 15 is 0 Å². The molecular formula is C11H12N2O3S. The quantitative estimate of drug-likeness (QED) is 0.862. The lowest BCUT2D eigenvalue weighted by Crippen LogP contribution is -2.17. The van der Waals surface area contributed by atoms with Crippen molar-refractivity contribution in [2.24, 2.45) is 0 Å². The summed E-state index contributed by atoms with van der Waals surface area (Å²) < 4.78 is 1.57. The van der Waals surface area contributed by atoms with Crippen LogP contribution < -0.4 is 5.69 Å². The van der Waals surface area contributed by atoms with Crippen LogP contribution >= 0.6 is 11.8 Å². The van der Waals surface area contributed by atoms with Crippen molar-refractivity contribution in [3.05, 3.63) is 34.2 Å². The molecule has 1 aromatic carbocycles. The molecule has 2 aromatic rings. The lowest BCUT2D eigenvalue weighted by Gasteiger charge is -2.02. The van der Waals surface area contributed by atoms with Crippen LogP contribution in [-0.4, -0.2) is 32.6 Å². The Labute approximate surface area is 101 Å². The topological polar surface area (TPSA) is 75.1 Å². The average molecular weight is 252 g/mol. The Balaban J connectivity index is 2.57. The molecule has 0 unspecified atom stereocenters. The van der Waals surface area contributed by atoms with Gasteiger partial charge in [-0.15, -0.1) is 0 Å². The fraction of sp³-hybridized carbons (Fsp3) is 0.273. The number of H-pyrrole nitrogens is 1. The lowest BCUT2D eigenvalue weighted by atomic mass is 10.2. The molecule has 90 valence electrons. The molecule has 0 aliphatic carbocycles. The number of aryl methyl sites for hydroxylation is 1. The van der Waals surface area contributed by atoms with E-state index in [-0.39, 0.29) is 11.3 Å². The van der Waals surface area contributed by atoms with E-state index in [9.17, 15) is 9.59 Å². The van der Waals surface area contributed by atoms with Crippen molar-refractivity contribution in [3.63, 3.8) is 0 Å². The molecule has 0 saturated heterocycles. The molecule has 0 radical (unpaired) electrons. The second kappa shape index (κ2) is 4.67. The predicted molar refractivity (Wildman–Crippen MR) is 67.9 cm³/mol. The van der Waals surface area contributed by atoms with Crippen molar-refractivity contribution in [1.82, 2.24) is 9.55 Å². The summed E-state index contributed by atoms with van der Waals surface area (Å²) in [5, 5.41) is 8.92. The van der Waals surface area contributed by atoms with E-state index in [0.29, 0.717) is 17.6 Å². The van der Waals surface area contributed by atoms with Gasteiger partial charge < -0.3 is 10.1 Å². The number of aromatic nitrogens is 2. The first-order chi connectivity index (χ1) is 8.13. The Morgan fingerprint density at radius 1 is 1.53 bits per heavy atom. The molecule has 1 heterocycles. The predicted octanol–water partition coefficient (Wildman–Crippen LogP) is 1.39. The second-order valence-electron chi connectivity index (χ2n) is 3.61. The SMILES string of the molecule is CSCCn1c(=O)[nH]c2ccc(C(=O)O)cc21. The fourth-order valence-electron chi connectivity index (χ4n) is 1.69. The van der Waals surface area contributed by atoms with E-state index in [4.69, 9.17) is 5.11 Å². The first-order valence-electron chi connectivity index (χ1n) is 5.08. The van der Waals surface area contributed by atoms with Crippen molar-refractivity contribution in [2.75, 3.05) is 12.0 Å². The number of imidazole rings is 1. The van der Waals surface area contributed by atoms with Crippen molar-refractivity contribution < 1.29 is 9.90 Å². The van der Waals surface area contributed by atoms with Gasteiger partial charge >= 0.3 is 11.7 Å². The van der Waals surface area contributed by atoms with Gasteiger partial charge in [-0.3, -0.25) is 4.57 Å². The molecule has 0 fully saturated rings. The van der Waals surface area contributed by atoms with Gasteiger partial charge in [-0.1, -0.05) is 0 Å². The van der Waals surface area contributed by atoms with E-state index in [1.807, 2.05) is 6.26 Å². The number of carboxylic acids is 1. The highest BCUT2D eigenvalue weighted by Gasteiger charge is 2.09. The summed E-state index contributed by atoms with van der Waals surface area (Å²) in [5.41, 5.74) is 1.30. The molecular weight excluding hydrogens is 240 g/mol. The number of fused-ring (bicyclic) bond motifs is 1. The van der Waals surface area contributed by atoms with Gasteiger partial charge in [-0.05, 0) is 24.5 Å². The number of carbonyl (C=O) groups is 1. The molecule has 5 nitrogen and oxygen atoms in total. The van der Waals surface area contributed by atoms with Crippen LogP contribution in [0.2, 0.25) is 0 Å². The van der Waals surface area contributed by atoms with E-state index < -0.39 is 5.97 Å². The van der Waals surface area contributed by atoms with Crippen LogP contribution in [0.4, 0.5) is 0 Å². The second-order valence-corrected chi connectivity index (χ2v) is 4.60. The summed E-state index contributed by atoms with van der Waals surface area (Å²) in [6.07, 6.45) is 1.96. The Morgan fingerprint density at radius 3 is 2.94 bits per heavy atom. The van der Waals surface area contributed by atoms with Crippen LogP contribution in [0.1, 0.15) is 10.4 Å².